The number of aliphatic hydroxyl groups is 3. The molecule has 2 aromatic carbocycles. The molecule has 2 saturated heterocycles. The third-order valence-corrected chi connectivity index (χ3v) is 17.9. The number of para-hydroxylation sites is 1. The van der Waals surface area contributed by atoms with Crippen LogP contribution in [0.2, 0.25) is 19.1 Å². The number of fused-ring (bicyclic) bond motifs is 5. The smallest absolute Gasteiger partial charge is 0.322 e. The number of aromatic amines is 1. The van der Waals surface area contributed by atoms with E-state index in [1.54, 1.807) is 7.11 Å². The van der Waals surface area contributed by atoms with Crippen LogP contribution in [0.1, 0.15) is 74.8 Å². The lowest BCUT2D eigenvalue weighted by Crippen LogP contribution is -2.81. The minimum absolute atomic E-state index is 0.161. The summed E-state index contributed by atoms with van der Waals surface area (Å²) in [5.41, 5.74) is -1.44. The van der Waals surface area contributed by atoms with Crippen LogP contribution >= 0.6 is 0 Å². The fraction of sp³-hybridized carbons (Fsp3) is 0.617. The number of nitrogens with zero attached hydrogens (tertiary/aromatic N) is 3. The minimum Gasteiger partial charge on any atom is -0.496 e. The van der Waals surface area contributed by atoms with Gasteiger partial charge in [-0.25, -0.2) is 0 Å². The number of ether oxygens (including phenoxy) is 2. The van der Waals surface area contributed by atoms with Gasteiger partial charge in [0, 0.05) is 90.1 Å². The largest absolute Gasteiger partial charge is 0.496 e. The molecule has 6 N–H and O–H groups in total. The Balaban J connectivity index is 1.29. The predicted octanol–water partition coefficient (Wildman–Crippen LogP) is 3.70. The van der Waals surface area contributed by atoms with Gasteiger partial charge in [-0.15, -0.1) is 0 Å². The SMILES string of the molecule is CC[C@]1(O)C[C@H]2C[C@](C(=O)OC)(c3cc4c(cc3OC)N(C)[C@H]3[C@@](O)(C(=O)NCCC[Si](C)(C)O)[C@H](O)[C@]5(CC)C=CCN6CC[C@]43[C@@H]65)c3[nH]c4ccccc4c3CCN2C1. The van der Waals surface area contributed by atoms with Crippen molar-refractivity contribution < 1.29 is 39.2 Å². The Morgan fingerprint density at radius 3 is 2.49 bits per heavy atom. The maximum Gasteiger partial charge on any atom is 0.322 e. The van der Waals surface area contributed by atoms with Crippen molar-refractivity contribution in [1.82, 2.24) is 20.1 Å². The fourth-order valence-electron chi connectivity index (χ4n) is 13.6. The number of benzene rings is 2. The summed E-state index contributed by atoms with van der Waals surface area (Å²) in [5.74, 6) is -0.597. The number of carbonyl (C=O) groups excluding carboxylic acids is 2. The average molecular weight is 856 g/mol. The van der Waals surface area contributed by atoms with E-state index in [1.165, 1.54) is 7.11 Å². The molecule has 1 aromatic heterocycles. The van der Waals surface area contributed by atoms with Crippen LogP contribution in [0.3, 0.4) is 0 Å². The molecule has 6 aliphatic rings. The Labute approximate surface area is 360 Å². The van der Waals surface area contributed by atoms with Crippen molar-refractivity contribution in [3.8, 4) is 5.75 Å². The van der Waals surface area contributed by atoms with Crippen molar-refractivity contribution in [1.29, 1.82) is 0 Å². The molecule has 13 nitrogen and oxygen atoms in total. The van der Waals surface area contributed by atoms with E-state index >= 15 is 4.79 Å². The number of anilines is 1. The molecule has 1 spiro atoms. The van der Waals surface area contributed by atoms with Gasteiger partial charge in [-0.05, 0) is 93.9 Å². The number of carbonyl (C=O) groups is 2. The molecule has 61 heavy (non-hydrogen) atoms. The molecule has 1 aliphatic carbocycles. The van der Waals surface area contributed by atoms with Crippen LogP contribution in [0.15, 0.2) is 48.6 Å². The van der Waals surface area contributed by atoms with E-state index < -0.39 is 59.8 Å². The summed E-state index contributed by atoms with van der Waals surface area (Å²) in [7, 11) is 2.56. The monoisotopic (exact) mass is 855 g/mol. The predicted molar refractivity (Wildman–Crippen MR) is 236 cm³/mol. The average Bonchev–Trinajstić information content (AvgIpc) is 3.98. The summed E-state index contributed by atoms with van der Waals surface area (Å²) in [4.78, 5) is 51.1. The molecule has 0 unspecified atom stereocenters. The number of amides is 1. The van der Waals surface area contributed by atoms with E-state index in [4.69, 9.17) is 9.47 Å². The first-order valence-electron chi connectivity index (χ1n) is 22.4. The van der Waals surface area contributed by atoms with Gasteiger partial charge in [-0.2, -0.15) is 0 Å². The van der Waals surface area contributed by atoms with Crippen LogP contribution in [-0.4, -0.2) is 145 Å². The lowest BCUT2D eigenvalue weighted by molar-refractivity contribution is -0.203. The van der Waals surface area contributed by atoms with Gasteiger partial charge in [0.25, 0.3) is 5.91 Å². The van der Waals surface area contributed by atoms with Gasteiger partial charge in [-0.3, -0.25) is 19.4 Å². The van der Waals surface area contributed by atoms with Crippen molar-refractivity contribution in [3.63, 3.8) is 0 Å². The Hall–Kier alpha value is -3.76. The molecule has 330 valence electrons. The minimum atomic E-state index is -2.38. The van der Waals surface area contributed by atoms with E-state index in [9.17, 15) is 24.9 Å². The molecule has 3 aromatic rings. The number of esters is 1. The van der Waals surface area contributed by atoms with Gasteiger partial charge in [-0.1, -0.05) is 44.2 Å². The van der Waals surface area contributed by atoms with Crippen molar-refractivity contribution in [3.05, 3.63) is 70.9 Å². The molecule has 1 saturated carbocycles. The van der Waals surface area contributed by atoms with Gasteiger partial charge in [0.05, 0.1) is 25.9 Å². The van der Waals surface area contributed by atoms with Gasteiger partial charge in [0.2, 0.25) is 0 Å². The van der Waals surface area contributed by atoms with Crippen LogP contribution in [0.5, 0.6) is 5.75 Å². The first-order valence-corrected chi connectivity index (χ1v) is 25.6. The summed E-state index contributed by atoms with van der Waals surface area (Å²) in [6, 6.07) is 11.5. The van der Waals surface area contributed by atoms with Gasteiger partial charge < -0.3 is 44.8 Å². The van der Waals surface area contributed by atoms with E-state index in [2.05, 4.69) is 38.3 Å². The Bertz CT molecular complexity index is 2280. The quantitative estimate of drug-likeness (QED) is 0.0761. The lowest BCUT2D eigenvalue weighted by atomic mass is 9.47. The van der Waals surface area contributed by atoms with Gasteiger partial charge >= 0.3 is 5.97 Å². The number of likely N-dealkylation sites (N-methyl/N-ethyl adjacent to an activating group) is 1. The molecule has 9 atom stereocenters. The molecular formula is C47H65N5O8Si. The van der Waals surface area contributed by atoms with Gasteiger partial charge in [0.1, 0.15) is 17.3 Å². The van der Waals surface area contributed by atoms with Crippen LogP contribution in [0.25, 0.3) is 10.9 Å². The first kappa shape index (κ1) is 42.5. The summed E-state index contributed by atoms with van der Waals surface area (Å²) >= 11 is 0. The highest BCUT2D eigenvalue weighted by Crippen LogP contribution is 2.67. The Morgan fingerprint density at radius 1 is 1.02 bits per heavy atom. The van der Waals surface area contributed by atoms with Gasteiger partial charge in [0.15, 0.2) is 13.9 Å². The molecular weight excluding hydrogens is 791 g/mol. The van der Waals surface area contributed by atoms with E-state index in [0.717, 1.165) is 40.0 Å². The zero-order chi connectivity index (χ0) is 43.5. The van der Waals surface area contributed by atoms with Crippen molar-refractivity contribution in [2.24, 2.45) is 5.41 Å². The maximum absolute atomic E-state index is 15.3. The Morgan fingerprint density at radius 2 is 1.79 bits per heavy atom. The normalized spacial score (nSPS) is 35.5. The standard InChI is InChI=1S/C47H65N5O8Si/c1-8-43(56)26-29-27-46(42(55)60-5,37-31(16-21-52(29)28-43)30-14-10-11-15-34(30)49-37)33-24-32-35(25-36(33)59-4)50(3)39-45(32)18-22-51-20-12-17-44(9-2,38(45)51)40(53)47(39,57)41(54)48-19-13-23-61(6,7)58/h10-12,14-15,17,24-25,29,38-40,49,53,56-58H,8-9,13,16,18-23,26-28H2,1-7H3,(H,48,54)/t29-,38-,39+,40+,43-,44+,45+,46-,47-/m0/s1. The third-order valence-electron chi connectivity index (χ3n) is 16.3. The maximum atomic E-state index is 15.3. The molecule has 5 aliphatic heterocycles. The number of rotatable bonds is 10. The molecule has 3 fully saturated rings. The highest BCUT2D eigenvalue weighted by molar-refractivity contribution is 6.69. The van der Waals surface area contributed by atoms with Crippen molar-refractivity contribution >= 4 is 36.8 Å². The number of H-pyrrole nitrogens is 1. The molecule has 0 bridgehead atoms. The van der Waals surface area contributed by atoms with Crippen LogP contribution in [0.4, 0.5) is 5.69 Å². The van der Waals surface area contributed by atoms with Crippen LogP contribution in [0, 0.1) is 5.41 Å². The molecule has 14 heteroatoms. The highest BCUT2D eigenvalue weighted by atomic mass is 28.4. The topological polar surface area (TPSA) is 171 Å². The fourth-order valence-corrected chi connectivity index (χ4v) is 14.6. The summed E-state index contributed by atoms with van der Waals surface area (Å²) < 4.78 is 12.3. The van der Waals surface area contributed by atoms with Crippen molar-refractivity contribution in [2.75, 3.05) is 58.9 Å². The number of aromatic nitrogens is 1. The van der Waals surface area contributed by atoms with E-state index in [0.29, 0.717) is 81.9 Å². The number of aliphatic hydroxyl groups excluding tert-OH is 1. The highest BCUT2D eigenvalue weighted by Gasteiger charge is 2.78. The summed E-state index contributed by atoms with van der Waals surface area (Å²) in [5, 5.41) is 42.0. The number of hydrogen-bond donors (Lipinski definition) is 6. The van der Waals surface area contributed by atoms with E-state index in [-0.39, 0.29) is 18.6 Å². The zero-order valence-electron chi connectivity index (χ0n) is 36.9. The van der Waals surface area contributed by atoms with Crippen molar-refractivity contribution in [2.45, 2.75) is 124 Å². The third kappa shape index (κ3) is 5.84. The number of hydrogen-bond acceptors (Lipinski definition) is 11. The second kappa shape index (κ2) is 14.6. The van der Waals surface area contributed by atoms with E-state index in [1.807, 2.05) is 69.2 Å². The first-order chi connectivity index (χ1) is 29.0. The Kier molecular flexibility index (Phi) is 10.2. The molecule has 9 rings (SSSR count). The number of nitrogens with one attached hydrogen (secondary N) is 2. The summed E-state index contributed by atoms with van der Waals surface area (Å²) in [6.45, 7) is 10.6. The van der Waals surface area contributed by atoms with Crippen LogP contribution in [-0.2, 0) is 31.6 Å². The lowest BCUT2D eigenvalue weighted by Gasteiger charge is -2.63. The molecule has 0 radical (unpaired) electrons. The second-order valence-electron chi connectivity index (χ2n) is 19.8. The second-order valence-corrected chi connectivity index (χ2v) is 23.9. The molecule has 6 heterocycles. The van der Waals surface area contributed by atoms with Crippen LogP contribution < -0.4 is 15.0 Å². The number of methoxy groups -OCH3 is 2. The molecule has 1 amide bonds. The summed E-state index contributed by atoms with van der Waals surface area (Å²) in [6.07, 6.45) is 6.36. The zero-order valence-corrected chi connectivity index (χ0v) is 37.9.